The monoisotopic (exact) mass is 516 g/mol. The molecule has 0 saturated carbocycles. The quantitative estimate of drug-likeness (QED) is 0.320. The van der Waals surface area contributed by atoms with Crippen LogP contribution in [0, 0.1) is 6.92 Å². The molecule has 0 spiro atoms. The molecule has 0 fully saturated rings. The Balaban J connectivity index is 0.00000210. The first-order valence-corrected chi connectivity index (χ1v) is 12.4. The van der Waals surface area contributed by atoms with Gasteiger partial charge in [0, 0.05) is 29.7 Å². The van der Waals surface area contributed by atoms with Gasteiger partial charge < -0.3 is 1.43 Å². The molecular formula is C30H29N4NaO3. The number of benzene rings is 3. The maximum absolute atomic E-state index is 13.7. The van der Waals surface area contributed by atoms with Gasteiger partial charge >= 0.3 is 35.3 Å². The number of nitrogens with one attached hydrogen (secondary N) is 1. The van der Waals surface area contributed by atoms with Gasteiger partial charge in [-0.05, 0) is 35.6 Å². The molecule has 7 nitrogen and oxygen atoms in total. The Kier molecular flexibility index (Phi) is 8.94. The molecule has 8 heteroatoms. The Morgan fingerprint density at radius 1 is 0.895 bits per heavy atom. The van der Waals surface area contributed by atoms with Gasteiger partial charge in [0.25, 0.3) is 5.56 Å². The van der Waals surface area contributed by atoms with Crippen LogP contribution in [0.15, 0.2) is 93.0 Å². The first kappa shape index (κ1) is 27.5. The standard InChI is InChI=1S/C30H28N4O3.Na.H/c1-3-9-27-31-20(2)26(18-21-10-5-4-6-11-21)29(35)34(27)19-22-14-16-23(17-15-22)24-12-7-8-13-25(24)28-32-30(36)37-33-28;;/h4-8,10-17H,3,9,18-19H2,1-2H3,(H,32,33,36);;/q;+1;-1. The normalized spacial score (nSPS) is 10.8. The summed E-state index contributed by atoms with van der Waals surface area (Å²) in [5, 5.41) is 3.84. The number of aryl methyl sites for hydroxylation is 2. The number of hydrogen-bond donors (Lipinski definition) is 1. The molecule has 38 heavy (non-hydrogen) atoms. The second-order valence-corrected chi connectivity index (χ2v) is 9.08. The van der Waals surface area contributed by atoms with E-state index in [1.165, 1.54) is 0 Å². The molecule has 5 aromatic rings. The Labute approximate surface area is 244 Å². The van der Waals surface area contributed by atoms with Gasteiger partial charge in [-0.25, -0.2) is 9.78 Å². The predicted molar refractivity (Wildman–Crippen MR) is 145 cm³/mol. The third-order valence-electron chi connectivity index (χ3n) is 6.47. The summed E-state index contributed by atoms with van der Waals surface area (Å²) in [5.74, 6) is 0.607. The van der Waals surface area contributed by atoms with Crippen LogP contribution < -0.4 is 40.9 Å². The average molecular weight is 517 g/mol. The van der Waals surface area contributed by atoms with E-state index >= 15 is 0 Å². The van der Waals surface area contributed by atoms with E-state index in [0.717, 1.165) is 57.7 Å². The van der Waals surface area contributed by atoms with Crippen LogP contribution in [-0.2, 0) is 19.4 Å². The van der Waals surface area contributed by atoms with Crippen molar-refractivity contribution < 1.29 is 35.5 Å². The van der Waals surface area contributed by atoms with Gasteiger partial charge in [0.2, 0.25) is 0 Å². The third-order valence-corrected chi connectivity index (χ3v) is 6.47. The second-order valence-electron chi connectivity index (χ2n) is 9.08. The van der Waals surface area contributed by atoms with Gasteiger partial charge in [-0.1, -0.05) is 90.9 Å². The SMILES string of the molecule is CCCc1nc(C)c(Cc2ccccc2)c(=O)n1Cc1ccc(-c2ccccc2-c2noc(=O)[nH]2)cc1.[H-].[Na+]. The van der Waals surface area contributed by atoms with Crippen LogP contribution in [0.3, 0.4) is 0 Å². The summed E-state index contributed by atoms with van der Waals surface area (Å²) in [6.07, 6.45) is 2.21. The van der Waals surface area contributed by atoms with Gasteiger partial charge in [0.05, 0.1) is 6.54 Å². The fraction of sp³-hybridized carbons (Fsp3) is 0.200. The molecule has 0 aliphatic rings. The van der Waals surface area contributed by atoms with E-state index in [9.17, 15) is 9.59 Å². The Bertz CT molecular complexity index is 1640. The van der Waals surface area contributed by atoms with Crippen molar-refractivity contribution in [3.05, 3.63) is 128 Å². The first-order valence-electron chi connectivity index (χ1n) is 12.4. The topological polar surface area (TPSA) is 93.8 Å². The number of nitrogens with zero attached hydrogens (tertiary/aromatic N) is 3. The zero-order valence-corrected chi connectivity index (χ0v) is 23.9. The minimum absolute atomic E-state index is 0. The zero-order valence-electron chi connectivity index (χ0n) is 22.9. The molecule has 1 N–H and O–H groups in total. The molecule has 0 atom stereocenters. The molecule has 0 aliphatic heterocycles. The van der Waals surface area contributed by atoms with E-state index in [-0.39, 0.29) is 36.5 Å². The summed E-state index contributed by atoms with van der Waals surface area (Å²) in [5.41, 5.74) is 6.31. The largest absolute Gasteiger partial charge is 1.00 e. The van der Waals surface area contributed by atoms with Gasteiger partial charge in [-0.2, -0.15) is 0 Å². The maximum Gasteiger partial charge on any atom is 1.00 e. The molecule has 0 unspecified atom stereocenters. The van der Waals surface area contributed by atoms with Crippen LogP contribution in [0.1, 0.15) is 43.0 Å². The van der Waals surface area contributed by atoms with Gasteiger partial charge in [0.15, 0.2) is 5.82 Å². The summed E-state index contributed by atoms with van der Waals surface area (Å²) < 4.78 is 6.51. The predicted octanol–water partition coefficient (Wildman–Crippen LogP) is 2.27. The first-order chi connectivity index (χ1) is 18.0. The maximum atomic E-state index is 13.7. The number of rotatable bonds is 8. The third kappa shape index (κ3) is 5.96. The molecule has 0 radical (unpaired) electrons. The number of hydrogen-bond acceptors (Lipinski definition) is 5. The molecule has 5 rings (SSSR count). The second kappa shape index (κ2) is 12.3. The Morgan fingerprint density at radius 2 is 1.58 bits per heavy atom. The van der Waals surface area contributed by atoms with Gasteiger partial charge in [0.1, 0.15) is 5.82 Å². The smallest absolute Gasteiger partial charge is 1.00 e. The molecule has 2 aromatic heterocycles. The van der Waals surface area contributed by atoms with Crippen LogP contribution in [0.25, 0.3) is 22.5 Å². The molecule has 0 amide bonds. The summed E-state index contributed by atoms with van der Waals surface area (Å²) >= 11 is 0. The van der Waals surface area contributed by atoms with Crippen molar-refractivity contribution >= 4 is 0 Å². The molecule has 188 valence electrons. The molecule has 0 saturated heterocycles. The Morgan fingerprint density at radius 3 is 2.24 bits per heavy atom. The molecular weight excluding hydrogens is 487 g/mol. The van der Waals surface area contributed by atoms with Crippen LogP contribution in [-0.4, -0.2) is 19.7 Å². The van der Waals surface area contributed by atoms with Gasteiger partial charge in [-0.3, -0.25) is 18.9 Å². The fourth-order valence-electron chi connectivity index (χ4n) is 4.60. The van der Waals surface area contributed by atoms with Crippen LogP contribution in [0.4, 0.5) is 0 Å². The number of H-pyrrole nitrogens is 1. The van der Waals surface area contributed by atoms with Crippen molar-refractivity contribution in [1.82, 2.24) is 19.7 Å². The van der Waals surface area contributed by atoms with Crippen molar-refractivity contribution in [1.29, 1.82) is 0 Å². The average Bonchev–Trinajstić information content (AvgIpc) is 3.36. The van der Waals surface area contributed by atoms with Crippen molar-refractivity contribution in [3.8, 4) is 22.5 Å². The molecule has 0 aliphatic carbocycles. The summed E-state index contributed by atoms with van der Waals surface area (Å²) in [6.45, 7) is 4.47. The van der Waals surface area contributed by atoms with E-state index in [0.29, 0.717) is 18.8 Å². The van der Waals surface area contributed by atoms with Crippen LogP contribution >= 0.6 is 0 Å². The Hall–Kier alpha value is -3.52. The van der Waals surface area contributed by atoms with Crippen molar-refractivity contribution in [2.75, 3.05) is 0 Å². The van der Waals surface area contributed by atoms with Crippen LogP contribution in [0.2, 0.25) is 0 Å². The number of aromatic nitrogens is 4. The summed E-state index contributed by atoms with van der Waals surface area (Å²) in [6, 6.07) is 25.8. The molecule has 0 bridgehead atoms. The van der Waals surface area contributed by atoms with E-state index in [2.05, 4.69) is 17.1 Å². The van der Waals surface area contributed by atoms with E-state index in [4.69, 9.17) is 9.51 Å². The van der Waals surface area contributed by atoms with E-state index in [1.54, 1.807) is 0 Å². The molecule has 2 heterocycles. The number of aromatic amines is 1. The minimum Gasteiger partial charge on any atom is -1.00 e. The minimum atomic E-state index is -0.591. The van der Waals surface area contributed by atoms with Crippen molar-refractivity contribution in [2.24, 2.45) is 0 Å². The molecule has 3 aromatic carbocycles. The van der Waals surface area contributed by atoms with Crippen molar-refractivity contribution in [3.63, 3.8) is 0 Å². The van der Waals surface area contributed by atoms with E-state index in [1.807, 2.05) is 90.4 Å². The zero-order chi connectivity index (χ0) is 25.8. The fourth-order valence-corrected chi connectivity index (χ4v) is 4.60. The van der Waals surface area contributed by atoms with E-state index < -0.39 is 5.76 Å². The van der Waals surface area contributed by atoms with Crippen LogP contribution in [0.5, 0.6) is 0 Å². The summed E-state index contributed by atoms with van der Waals surface area (Å²) in [7, 11) is 0. The van der Waals surface area contributed by atoms with Gasteiger partial charge in [-0.15, -0.1) is 0 Å². The summed E-state index contributed by atoms with van der Waals surface area (Å²) in [4.78, 5) is 32.6. The van der Waals surface area contributed by atoms with Crippen molar-refractivity contribution in [2.45, 2.75) is 39.7 Å².